The second-order valence-corrected chi connectivity index (χ2v) is 5.65. The Bertz CT molecular complexity index is 458. The molecular weight excluding hydrogens is 238 g/mol. The second-order valence-electron chi connectivity index (χ2n) is 5.65. The molecule has 4 nitrogen and oxygen atoms in total. The van der Waals surface area contributed by atoms with Crippen molar-refractivity contribution in [3.8, 4) is 0 Å². The Hall–Kier alpha value is -1.55. The quantitative estimate of drug-likeness (QED) is 0.380. The number of amidine groups is 1. The molecule has 0 aliphatic carbocycles. The van der Waals surface area contributed by atoms with Crippen LogP contribution in [0.15, 0.2) is 29.4 Å². The van der Waals surface area contributed by atoms with E-state index in [1.807, 2.05) is 18.2 Å². The fourth-order valence-corrected chi connectivity index (χ4v) is 2.72. The Balaban J connectivity index is 2.10. The van der Waals surface area contributed by atoms with E-state index in [9.17, 15) is 0 Å². The molecule has 1 aliphatic heterocycles. The van der Waals surface area contributed by atoms with Gasteiger partial charge in [0.2, 0.25) is 0 Å². The maximum atomic E-state index is 8.73. The van der Waals surface area contributed by atoms with E-state index >= 15 is 0 Å². The zero-order valence-electron chi connectivity index (χ0n) is 11.7. The predicted octanol–water partition coefficient (Wildman–Crippen LogP) is 2.40. The lowest BCUT2D eigenvalue weighted by Crippen LogP contribution is -2.40. The fraction of sp³-hybridized carbons (Fsp3) is 0.533. The molecule has 19 heavy (non-hydrogen) atoms. The molecule has 1 saturated heterocycles. The number of rotatable bonds is 3. The van der Waals surface area contributed by atoms with Crippen molar-refractivity contribution in [3.63, 3.8) is 0 Å². The SMILES string of the molecule is CC1CCC(C)N(Cc2cccc(C(N)=NO)c2)C1. The van der Waals surface area contributed by atoms with Gasteiger partial charge < -0.3 is 10.9 Å². The maximum Gasteiger partial charge on any atom is 0.170 e. The lowest BCUT2D eigenvalue weighted by atomic mass is 9.94. The first-order valence-corrected chi connectivity index (χ1v) is 6.91. The van der Waals surface area contributed by atoms with E-state index in [0.29, 0.717) is 6.04 Å². The number of benzene rings is 1. The summed E-state index contributed by atoms with van der Waals surface area (Å²) in [6, 6.07) is 8.55. The molecule has 104 valence electrons. The predicted molar refractivity (Wildman–Crippen MR) is 77.2 cm³/mol. The summed E-state index contributed by atoms with van der Waals surface area (Å²) >= 11 is 0. The van der Waals surface area contributed by atoms with Crippen LogP contribution in [0, 0.1) is 5.92 Å². The zero-order valence-corrected chi connectivity index (χ0v) is 11.7. The van der Waals surface area contributed by atoms with E-state index in [1.54, 1.807) is 0 Å². The van der Waals surface area contributed by atoms with Gasteiger partial charge in [0.05, 0.1) is 0 Å². The highest BCUT2D eigenvalue weighted by Crippen LogP contribution is 2.23. The Labute approximate surface area is 114 Å². The minimum absolute atomic E-state index is 0.168. The van der Waals surface area contributed by atoms with Gasteiger partial charge in [-0.15, -0.1) is 0 Å². The standard InChI is InChI=1S/C15H23N3O/c1-11-6-7-12(2)18(9-11)10-13-4-3-5-14(8-13)15(16)17-19/h3-5,8,11-12,19H,6-7,9-10H2,1-2H3,(H2,16,17). The average Bonchev–Trinajstić information content (AvgIpc) is 2.42. The first-order chi connectivity index (χ1) is 9.10. The van der Waals surface area contributed by atoms with Crippen molar-refractivity contribution >= 4 is 5.84 Å². The molecule has 2 rings (SSSR count). The van der Waals surface area contributed by atoms with Crippen molar-refractivity contribution in [3.05, 3.63) is 35.4 Å². The van der Waals surface area contributed by atoms with Crippen LogP contribution in [0.1, 0.15) is 37.8 Å². The first-order valence-electron chi connectivity index (χ1n) is 6.91. The normalized spacial score (nSPS) is 25.5. The molecule has 1 aromatic carbocycles. The van der Waals surface area contributed by atoms with Gasteiger partial charge in [-0.2, -0.15) is 0 Å². The highest BCUT2D eigenvalue weighted by molar-refractivity contribution is 5.97. The number of nitrogens with two attached hydrogens (primary N) is 1. The Morgan fingerprint density at radius 1 is 1.42 bits per heavy atom. The second kappa shape index (κ2) is 6.06. The molecule has 1 fully saturated rings. The van der Waals surface area contributed by atoms with Gasteiger partial charge in [0, 0.05) is 24.7 Å². The molecule has 2 unspecified atom stereocenters. The maximum absolute atomic E-state index is 8.73. The molecular formula is C15H23N3O. The molecule has 0 saturated carbocycles. The van der Waals surface area contributed by atoms with Crippen LogP contribution >= 0.6 is 0 Å². The number of likely N-dealkylation sites (tertiary alicyclic amines) is 1. The van der Waals surface area contributed by atoms with Gasteiger partial charge in [-0.1, -0.05) is 30.3 Å². The summed E-state index contributed by atoms with van der Waals surface area (Å²) in [5.74, 6) is 0.936. The number of piperidine rings is 1. The minimum Gasteiger partial charge on any atom is -0.409 e. The van der Waals surface area contributed by atoms with Gasteiger partial charge in [-0.3, -0.25) is 4.90 Å². The fourth-order valence-electron chi connectivity index (χ4n) is 2.72. The van der Waals surface area contributed by atoms with Crippen LogP contribution in [0.4, 0.5) is 0 Å². The average molecular weight is 261 g/mol. The van der Waals surface area contributed by atoms with Crippen LogP contribution in [0.5, 0.6) is 0 Å². The number of nitrogens with zero attached hydrogens (tertiary/aromatic N) is 2. The third-order valence-corrected chi connectivity index (χ3v) is 3.96. The Morgan fingerprint density at radius 3 is 2.95 bits per heavy atom. The summed E-state index contributed by atoms with van der Waals surface area (Å²) in [6.45, 7) is 6.68. The van der Waals surface area contributed by atoms with Crippen molar-refractivity contribution in [1.82, 2.24) is 4.90 Å². The highest BCUT2D eigenvalue weighted by atomic mass is 16.4. The largest absolute Gasteiger partial charge is 0.409 e. The van der Waals surface area contributed by atoms with Crippen molar-refractivity contribution in [2.45, 2.75) is 39.3 Å². The topological polar surface area (TPSA) is 61.8 Å². The van der Waals surface area contributed by atoms with Crippen LogP contribution in [-0.4, -0.2) is 28.5 Å². The highest BCUT2D eigenvalue weighted by Gasteiger charge is 2.22. The smallest absolute Gasteiger partial charge is 0.170 e. The molecule has 3 N–H and O–H groups in total. The Morgan fingerprint density at radius 2 is 2.21 bits per heavy atom. The summed E-state index contributed by atoms with van der Waals surface area (Å²) in [5, 5.41) is 11.8. The van der Waals surface area contributed by atoms with Gasteiger partial charge in [0.15, 0.2) is 5.84 Å². The molecule has 0 spiro atoms. The third kappa shape index (κ3) is 3.47. The summed E-state index contributed by atoms with van der Waals surface area (Å²) in [5.41, 5.74) is 7.62. The van der Waals surface area contributed by atoms with Crippen LogP contribution in [-0.2, 0) is 6.54 Å². The molecule has 0 amide bonds. The van der Waals surface area contributed by atoms with Crippen LogP contribution in [0.25, 0.3) is 0 Å². The van der Waals surface area contributed by atoms with Gasteiger partial charge in [0.25, 0.3) is 0 Å². The lowest BCUT2D eigenvalue weighted by Gasteiger charge is -2.36. The molecule has 2 atom stereocenters. The van der Waals surface area contributed by atoms with E-state index in [4.69, 9.17) is 10.9 Å². The molecule has 1 aromatic rings. The molecule has 4 heteroatoms. The summed E-state index contributed by atoms with van der Waals surface area (Å²) in [6.07, 6.45) is 2.59. The van der Waals surface area contributed by atoms with Crippen molar-refractivity contribution < 1.29 is 5.21 Å². The van der Waals surface area contributed by atoms with E-state index in [2.05, 4.69) is 30.0 Å². The summed E-state index contributed by atoms with van der Waals surface area (Å²) in [7, 11) is 0. The third-order valence-electron chi connectivity index (χ3n) is 3.96. The van der Waals surface area contributed by atoms with Crippen LogP contribution < -0.4 is 5.73 Å². The lowest BCUT2D eigenvalue weighted by molar-refractivity contribution is 0.117. The monoisotopic (exact) mass is 261 g/mol. The first kappa shape index (κ1) is 13.9. The zero-order chi connectivity index (χ0) is 13.8. The molecule has 0 radical (unpaired) electrons. The van der Waals surface area contributed by atoms with E-state index < -0.39 is 0 Å². The Kier molecular flexibility index (Phi) is 4.43. The number of hydrogen-bond donors (Lipinski definition) is 2. The molecule has 1 heterocycles. The molecule has 1 aliphatic rings. The van der Waals surface area contributed by atoms with Crippen molar-refractivity contribution in [1.29, 1.82) is 0 Å². The van der Waals surface area contributed by atoms with Gasteiger partial charge in [-0.25, -0.2) is 0 Å². The van der Waals surface area contributed by atoms with E-state index in [-0.39, 0.29) is 5.84 Å². The van der Waals surface area contributed by atoms with Gasteiger partial charge >= 0.3 is 0 Å². The van der Waals surface area contributed by atoms with Crippen molar-refractivity contribution in [2.75, 3.05) is 6.54 Å². The van der Waals surface area contributed by atoms with Crippen molar-refractivity contribution in [2.24, 2.45) is 16.8 Å². The summed E-state index contributed by atoms with van der Waals surface area (Å²) < 4.78 is 0. The van der Waals surface area contributed by atoms with E-state index in [1.165, 1.54) is 18.4 Å². The van der Waals surface area contributed by atoms with Crippen LogP contribution in [0.3, 0.4) is 0 Å². The van der Waals surface area contributed by atoms with Gasteiger partial charge in [-0.05, 0) is 37.3 Å². The molecule has 0 aromatic heterocycles. The summed E-state index contributed by atoms with van der Waals surface area (Å²) in [4.78, 5) is 2.51. The molecule has 0 bridgehead atoms. The number of hydrogen-bond acceptors (Lipinski definition) is 3. The minimum atomic E-state index is 0.168. The van der Waals surface area contributed by atoms with Crippen LogP contribution in [0.2, 0.25) is 0 Å². The number of oxime groups is 1. The van der Waals surface area contributed by atoms with E-state index in [0.717, 1.165) is 24.6 Å². The van der Waals surface area contributed by atoms with Gasteiger partial charge in [0.1, 0.15) is 0 Å².